The maximum Gasteiger partial charge on any atom is 0.321 e. The number of urea groups is 1. The smallest absolute Gasteiger partial charge is 0.321 e. The van der Waals surface area contributed by atoms with Crippen LogP contribution in [0.2, 0.25) is 0 Å². The Balaban J connectivity index is 3.58. The molecular weight excluding hydrogens is 246 g/mol. The van der Waals surface area contributed by atoms with E-state index in [9.17, 15) is 14.4 Å². The summed E-state index contributed by atoms with van der Waals surface area (Å²) in [4.78, 5) is 32.5. The molecule has 5 N–H and O–H groups in total. The molecule has 1 atom stereocenters. The van der Waals surface area contributed by atoms with Crippen LogP contribution >= 0.6 is 11.8 Å². The number of hydrogen-bond donors (Lipinski definition) is 4. The van der Waals surface area contributed by atoms with Gasteiger partial charge in [0.1, 0.15) is 6.04 Å². The van der Waals surface area contributed by atoms with E-state index < -0.39 is 23.9 Å². The van der Waals surface area contributed by atoms with Crippen LogP contribution in [0.3, 0.4) is 0 Å². The van der Waals surface area contributed by atoms with E-state index >= 15 is 0 Å². The number of nitrogens with two attached hydrogens (primary N) is 1. The first-order valence-electron chi connectivity index (χ1n) is 5.11. The van der Waals surface area contributed by atoms with E-state index in [1.54, 1.807) is 6.92 Å². The van der Waals surface area contributed by atoms with Crippen molar-refractivity contribution < 1.29 is 19.5 Å². The highest BCUT2D eigenvalue weighted by atomic mass is 32.2. The van der Waals surface area contributed by atoms with Gasteiger partial charge in [0, 0.05) is 6.54 Å². The van der Waals surface area contributed by atoms with Gasteiger partial charge in [0.05, 0.1) is 5.75 Å². The van der Waals surface area contributed by atoms with Crippen LogP contribution in [0, 0.1) is 0 Å². The number of carboxylic acid groups (broad SMARTS) is 1. The van der Waals surface area contributed by atoms with Gasteiger partial charge in [-0.05, 0) is 19.1 Å². The van der Waals surface area contributed by atoms with Gasteiger partial charge in [-0.1, -0.05) is 0 Å². The van der Waals surface area contributed by atoms with Crippen molar-refractivity contribution in [1.29, 1.82) is 0 Å². The van der Waals surface area contributed by atoms with Crippen LogP contribution in [0.1, 0.15) is 13.3 Å². The van der Waals surface area contributed by atoms with E-state index in [0.717, 1.165) is 0 Å². The van der Waals surface area contributed by atoms with Gasteiger partial charge in [-0.2, -0.15) is 11.8 Å². The first-order chi connectivity index (χ1) is 7.97. The SMILES string of the molecule is CCNC(=O)NC(=O)CSCCC(N)C(=O)O. The van der Waals surface area contributed by atoms with Crippen molar-refractivity contribution in [3.63, 3.8) is 0 Å². The molecule has 0 aliphatic rings. The lowest BCUT2D eigenvalue weighted by Crippen LogP contribution is -2.40. The molecule has 17 heavy (non-hydrogen) atoms. The minimum Gasteiger partial charge on any atom is -0.480 e. The lowest BCUT2D eigenvalue weighted by Gasteiger charge is -2.06. The first-order valence-corrected chi connectivity index (χ1v) is 6.26. The molecule has 0 spiro atoms. The Morgan fingerprint density at radius 1 is 1.41 bits per heavy atom. The Labute approximate surface area is 104 Å². The van der Waals surface area contributed by atoms with Gasteiger partial charge in [0.15, 0.2) is 0 Å². The molecule has 0 saturated heterocycles. The summed E-state index contributed by atoms with van der Waals surface area (Å²) >= 11 is 1.23. The monoisotopic (exact) mass is 263 g/mol. The van der Waals surface area contributed by atoms with E-state index in [2.05, 4.69) is 10.6 Å². The van der Waals surface area contributed by atoms with Gasteiger partial charge in [-0.25, -0.2) is 4.79 Å². The van der Waals surface area contributed by atoms with Crippen molar-refractivity contribution in [1.82, 2.24) is 10.6 Å². The summed E-state index contributed by atoms with van der Waals surface area (Å²) in [5.41, 5.74) is 5.28. The molecule has 7 nitrogen and oxygen atoms in total. The Hall–Kier alpha value is -1.28. The Morgan fingerprint density at radius 3 is 2.59 bits per heavy atom. The summed E-state index contributed by atoms with van der Waals surface area (Å²) in [6.07, 6.45) is 0.286. The number of imide groups is 1. The summed E-state index contributed by atoms with van der Waals surface area (Å²) < 4.78 is 0. The number of amides is 3. The fourth-order valence-electron chi connectivity index (χ4n) is 0.866. The van der Waals surface area contributed by atoms with Crippen molar-refractivity contribution >= 4 is 29.7 Å². The number of thioether (sulfide) groups is 1. The number of aliphatic carboxylic acids is 1. The van der Waals surface area contributed by atoms with Crippen LogP contribution in [-0.2, 0) is 9.59 Å². The molecule has 0 saturated carbocycles. The van der Waals surface area contributed by atoms with Crippen molar-refractivity contribution in [3.05, 3.63) is 0 Å². The summed E-state index contributed by atoms with van der Waals surface area (Å²) in [5, 5.41) is 13.1. The minimum absolute atomic E-state index is 0.101. The number of hydrogen-bond acceptors (Lipinski definition) is 5. The highest BCUT2D eigenvalue weighted by Crippen LogP contribution is 2.03. The van der Waals surface area contributed by atoms with Gasteiger partial charge >= 0.3 is 12.0 Å². The highest BCUT2D eigenvalue weighted by Gasteiger charge is 2.11. The Bertz CT molecular complexity index is 285. The fraction of sp³-hybridized carbons (Fsp3) is 0.667. The van der Waals surface area contributed by atoms with Gasteiger partial charge < -0.3 is 16.2 Å². The number of nitrogens with one attached hydrogen (secondary N) is 2. The fourth-order valence-corrected chi connectivity index (χ4v) is 1.69. The second-order valence-corrected chi connectivity index (χ2v) is 4.30. The van der Waals surface area contributed by atoms with E-state index in [1.807, 2.05) is 0 Å². The quantitative estimate of drug-likeness (QED) is 0.454. The maximum absolute atomic E-state index is 11.2. The summed E-state index contributed by atoms with van der Waals surface area (Å²) in [5.74, 6) is -0.915. The zero-order valence-corrected chi connectivity index (χ0v) is 10.4. The molecule has 1 unspecified atom stereocenters. The molecule has 0 fully saturated rings. The highest BCUT2D eigenvalue weighted by molar-refractivity contribution is 7.99. The lowest BCUT2D eigenvalue weighted by molar-refractivity contribution is -0.138. The van der Waals surface area contributed by atoms with E-state index in [-0.39, 0.29) is 12.2 Å². The van der Waals surface area contributed by atoms with E-state index in [0.29, 0.717) is 12.3 Å². The second kappa shape index (κ2) is 8.82. The number of rotatable bonds is 7. The van der Waals surface area contributed by atoms with Gasteiger partial charge in [-0.15, -0.1) is 0 Å². The molecule has 0 rings (SSSR count). The van der Waals surface area contributed by atoms with Crippen LogP contribution < -0.4 is 16.4 Å². The molecule has 0 aliphatic heterocycles. The standard InChI is InChI=1S/C9H17N3O4S/c1-2-11-9(16)12-7(13)5-17-4-3-6(10)8(14)15/h6H,2-5,10H2,1H3,(H,14,15)(H2,11,12,13,16). The normalized spacial score (nSPS) is 11.6. The van der Waals surface area contributed by atoms with Crippen LogP contribution in [0.4, 0.5) is 4.79 Å². The van der Waals surface area contributed by atoms with Crippen LogP contribution in [0.5, 0.6) is 0 Å². The predicted molar refractivity (Wildman–Crippen MR) is 64.8 cm³/mol. The number of carbonyl (C=O) groups is 3. The minimum atomic E-state index is -1.06. The number of carbonyl (C=O) groups excluding carboxylic acids is 2. The molecule has 0 aromatic heterocycles. The molecule has 0 heterocycles. The largest absolute Gasteiger partial charge is 0.480 e. The van der Waals surface area contributed by atoms with Crippen molar-refractivity contribution in [2.24, 2.45) is 5.73 Å². The third-order valence-corrected chi connectivity index (χ3v) is 2.70. The molecule has 0 bridgehead atoms. The molecule has 98 valence electrons. The molecule has 0 radical (unpaired) electrons. The van der Waals surface area contributed by atoms with Gasteiger partial charge in [-0.3, -0.25) is 14.9 Å². The third-order valence-electron chi connectivity index (χ3n) is 1.71. The molecule has 8 heteroatoms. The van der Waals surface area contributed by atoms with Gasteiger partial charge in [0.2, 0.25) is 5.91 Å². The van der Waals surface area contributed by atoms with Crippen LogP contribution in [0.25, 0.3) is 0 Å². The van der Waals surface area contributed by atoms with Crippen LogP contribution in [0.15, 0.2) is 0 Å². The predicted octanol–water partition coefficient (Wildman–Crippen LogP) is -0.633. The third kappa shape index (κ3) is 8.52. The Kier molecular flexibility index (Phi) is 8.16. The van der Waals surface area contributed by atoms with E-state index in [4.69, 9.17) is 10.8 Å². The molecular formula is C9H17N3O4S. The lowest BCUT2D eigenvalue weighted by atomic mass is 10.2. The summed E-state index contributed by atoms with van der Waals surface area (Å²) in [6, 6.07) is -1.44. The molecule has 3 amide bonds. The van der Waals surface area contributed by atoms with Crippen molar-refractivity contribution in [2.75, 3.05) is 18.1 Å². The average molecular weight is 263 g/mol. The topological polar surface area (TPSA) is 122 Å². The zero-order valence-electron chi connectivity index (χ0n) is 9.56. The maximum atomic E-state index is 11.2. The molecule has 0 aromatic carbocycles. The number of carboxylic acids is 1. The first kappa shape index (κ1) is 15.7. The van der Waals surface area contributed by atoms with Crippen molar-refractivity contribution in [2.45, 2.75) is 19.4 Å². The second-order valence-electron chi connectivity index (χ2n) is 3.19. The molecule has 0 aromatic rings. The average Bonchev–Trinajstić information content (AvgIpc) is 2.24. The van der Waals surface area contributed by atoms with Gasteiger partial charge in [0.25, 0.3) is 0 Å². The molecule has 0 aliphatic carbocycles. The summed E-state index contributed by atoms with van der Waals surface area (Å²) in [6.45, 7) is 2.19. The zero-order chi connectivity index (χ0) is 13.3. The Morgan fingerprint density at radius 2 is 2.06 bits per heavy atom. The van der Waals surface area contributed by atoms with Crippen LogP contribution in [-0.4, -0.2) is 47.1 Å². The van der Waals surface area contributed by atoms with Crippen molar-refractivity contribution in [3.8, 4) is 0 Å². The summed E-state index contributed by atoms with van der Waals surface area (Å²) in [7, 11) is 0. The van der Waals surface area contributed by atoms with E-state index in [1.165, 1.54) is 11.8 Å².